The van der Waals surface area contributed by atoms with Crippen LogP contribution >= 0.6 is 0 Å². The molecule has 3 heterocycles. The Morgan fingerprint density at radius 1 is 1.04 bits per heavy atom. The molecule has 2 aliphatic rings. The molecule has 136 valence electrons. The monoisotopic (exact) mass is 341 g/mol. The first-order valence-electron chi connectivity index (χ1n) is 9.90. The van der Waals surface area contributed by atoms with Crippen molar-refractivity contribution in [2.45, 2.75) is 51.3 Å². The van der Waals surface area contributed by atoms with Gasteiger partial charge in [-0.15, -0.1) is 0 Å². The summed E-state index contributed by atoms with van der Waals surface area (Å²) in [6, 6.07) is 8.98. The van der Waals surface area contributed by atoms with Gasteiger partial charge < -0.3 is 14.6 Å². The number of aliphatic hydroxyl groups is 1. The molecule has 0 radical (unpaired) electrons. The molecular formula is C21H31N3O. The van der Waals surface area contributed by atoms with E-state index in [1.54, 1.807) is 0 Å². The zero-order valence-corrected chi connectivity index (χ0v) is 15.5. The molecule has 1 unspecified atom stereocenters. The summed E-state index contributed by atoms with van der Waals surface area (Å²) in [4.78, 5) is 4.89. The lowest BCUT2D eigenvalue weighted by Crippen LogP contribution is -2.46. The average Bonchev–Trinajstić information content (AvgIpc) is 3.19. The second kappa shape index (κ2) is 7.10. The van der Waals surface area contributed by atoms with Crippen molar-refractivity contribution in [2.75, 3.05) is 32.7 Å². The minimum absolute atomic E-state index is 0.523. The lowest BCUT2D eigenvalue weighted by atomic mass is 10.0. The lowest BCUT2D eigenvalue weighted by Gasteiger charge is -2.33. The van der Waals surface area contributed by atoms with E-state index in [1.807, 2.05) is 0 Å². The van der Waals surface area contributed by atoms with Crippen LogP contribution in [0, 0.1) is 0 Å². The highest BCUT2D eigenvalue weighted by molar-refractivity contribution is 5.80. The number of nitrogens with zero attached hydrogens (tertiary/aromatic N) is 3. The van der Waals surface area contributed by atoms with Gasteiger partial charge in [0.05, 0.1) is 5.60 Å². The van der Waals surface area contributed by atoms with Crippen LogP contribution in [0.4, 0.5) is 0 Å². The van der Waals surface area contributed by atoms with Gasteiger partial charge in [0, 0.05) is 44.4 Å². The number of piperidine rings is 1. The maximum Gasteiger partial charge on any atom is 0.0912 e. The van der Waals surface area contributed by atoms with Gasteiger partial charge in [-0.2, -0.15) is 0 Å². The minimum atomic E-state index is -0.523. The van der Waals surface area contributed by atoms with E-state index < -0.39 is 5.60 Å². The van der Waals surface area contributed by atoms with Crippen molar-refractivity contribution < 1.29 is 5.11 Å². The number of likely N-dealkylation sites (tertiary alicyclic amines) is 2. The van der Waals surface area contributed by atoms with E-state index in [4.69, 9.17) is 0 Å². The Bertz CT molecular complexity index is 719. The van der Waals surface area contributed by atoms with Crippen LogP contribution in [0.2, 0.25) is 0 Å². The molecule has 4 heteroatoms. The standard InChI is InChI=1S/C21H31N3O/c1-2-24-12-8-19-7-6-18(14-20(19)24)15-23-13-9-21(25,17-23)16-22-10-4-3-5-11-22/h6-8,12,14,25H,2-5,9-11,13,15-17H2,1H3. The molecule has 1 atom stereocenters. The summed E-state index contributed by atoms with van der Waals surface area (Å²) >= 11 is 0. The van der Waals surface area contributed by atoms with Gasteiger partial charge in [0.15, 0.2) is 0 Å². The fraction of sp³-hybridized carbons (Fsp3) is 0.619. The zero-order valence-electron chi connectivity index (χ0n) is 15.5. The van der Waals surface area contributed by atoms with Crippen molar-refractivity contribution in [1.82, 2.24) is 14.4 Å². The Morgan fingerprint density at radius 3 is 2.68 bits per heavy atom. The third-order valence-electron chi connectivity index (χ3n) is 5.96. The first-order chi connectivity index (χ1) is 12.1. The van der Waals surface area contributed by atoms with Crippen molar-refractivity contribution in [3.63, 3.8) is 0 Å². The van der Waals surface area contributed by atoms with E-state index in [1.165, 1.54) is 35.7 Å². The quantitative estimate of drug-likeness (QED) is 0.907. The Kier molecular flexibility index (Phi) is 4.85. The highest BCUT2D eigenvalue weighted by atomic mass is 16.3. The van der Waals surface area contributed by atoms with E-state index in [2.05, 4.69) is 51.8 Å². The molecule has 0 spiro atoms. The molecule has 25 heavy (non-hydrogen) atoms. The van der Waals surface area contributed by atoms with Crippen LogP contribution in [0.15, 0.2) is 30.5 Å². The lowest BCUT2D eigenvalue weighted by molar-refractivity contribution is 0.00635. The van der Waals surface area contributed by atoms with Crippen LogP contribution in [0.1, 0.15) is 38.2 Å². The van der Waals surface area contributed by atoms with E-state index >= 15 is 0 Å². The van der Waals surface area contributed by atoms with E-state index in [-0.39, 0.29) is 0 Å². The van der Waals surface area contributed by atoms with Gasteiger partial charge in [-0.1, -0.05) is 18.6 Å². The van der Waals surface area contributed by atoms with Crippen molar-refractivity contribution >= 4 is 10.9 Å². The molecule has 0 amide bonds. The first kappa shape index (κ1) is 17.1. The summed E-state index contributed by atoms with van der Waals surface area (Å²) in [5.74, 6) is 0. The fourth-order valence-corrected chi connectivity index (χ4v) is 4.60. The van der Waals surface area contributed by atoms with Gasteiger partial charge in [-0.25, -0.2) is 0 Å². The second-order valence-corrected chi connectivity index (χ2v) is 8.02. The number of β-amino-alcohol motifs (C(OH)–C–C–N with tert-alkyl or cyclic N) is 1. The van der Waals surface area contributed by atoms with Gasteiger partial charge in [-0.05, 0) is 62.4 Å². The summed E-state index contributed by atoms with van der Waals surface area (Å²) in [7, 11) is 0. The molecule has 1 aromatic carbocycles. The van der Waals surface area contributed by atoms with Gasteiger partial charge in [0.25, 0.3) is 0 Å². The van der Waals surface area contributed by atoms with Crippen LogP contribution in [0.5, 0.6) is 0 Å². The smallest absolute Gasteiger partial charge is 0.0912 e. The number of hydrogen-bond donors (Lipinski definition) is 1. The molecular weight excluding hydrogens is 310 g/mol. The van der Waals surface area contributed by atoms with Crippen LogP contribution in [-0.2, 0) is 13.1 Å². The second-order valence-electron chi connectivity index (χ2n) is 8.02. The van der Waals surface area contributed by atoms with Crippen LogP contribution in [0.25, 0.3) is 10.9 Å². The summed E-state index contributed by atoms with van der Waals surface area (Å²) in [6.45, 7) is 9.10. The summed E-state index contributed by atoms with van der Waals surface area (Å²) in [5, 5.41) is 12.3. The molecule has 1 N–H and O–H groups in total. The van der Waals surface area contributed by atoms with E-state index in [0.717, 1.165) is 52.2 Å². The SMILES string of the molecule is CCn1ccc2ccc(CN3CCC(O)(CN4CCCCC4)C3)cc21. The number of hydrogen-bond acceptors (Lipinski definition) is 3. The van der Waals surface area contributed by atoms with Crippen molar-refractivity contribution in [3.05, 3.63) is 36.0 Å². The third kappa shape index (κ3) is 3.76. The molecule has 0 aliphatic carbocycles. The summed E-state index contributed by atoms with van der Waals surface area (Å²) in [5.41, 5.74) is 2.15. The average molecular weight is 341 g/mol. The zero-order chi connectivity index (χ0) is 17.3. The number of aryl methyl sites for hydroxylation is 1. The van der Waals surface area contributed by atoms with Gasteiger partial charge in [0.1, 0.15) is 0 Å². The predicted octanol–water partition coefficient (Wildman–Crippen LogP) is 3.08. The van der Waals surface area contributed by atoms with Crippen LogP contribution in [0.3, 0.4) is 0 Å². The summed E-state index contributed by atoms with van der Waals surface area (Å²) < 4.78 is 2.30. The summed E-state index contributed by atoms with van der Waals surface area (Å²) in [6.07, 6.45) is 7.00. The minimum Gasteiger partial charge on any atom is -0.387 e. The van der Waals surface area contributed by atoms with Crippen molar-refractivity contribution in [3.8, 4) is 0 Å². The number of aromatic nitrogens is 1. The molecule has 2 fully saturated rings. The molecule has 0 bridgehead atoms. The molecule has 2 saturated heterocycles. The van der Waals surface area contributed by atoms with Gasteiger partial charge in [0.2, 0.25) is 0 Å². The number of benzene rings is 1. The maximum atomic E-state index is 11.0. The topological polar surface area (TPSA) is 31.6 Å². The van der Waals surface area contributed by atoms with Crippen molar-refractivity contribution in [2.24, 2.45) is 0 Å². The molecule has 4 nitrogen and oxygen atoms in total. The normalized spacial score (nSPS) is 25.8. The van der Waals surface area contributed by atoms with Gasteiger partial charge in [-0.3, -0.25) is 4.90 Å². The van der Waals surface area contributed by atoms with E-state index in [0.29, 0.717) is 0 Å². The largest absolute Gasteiger partial charge is 0.387 e. The Balaban J connectivity index is 1.40. The number of rotatable bonds is 5. The Labute approximate surface area is 151 Å². The molecule has 0 saturated carbocycles. The van der Waals surface area contributed by atoms with E-state index in [9.17, 15) is 5.11 Å². The van der Waals surface area contributed by atoms with Crippen LogP contribution < -0.4 is 0 Å². The van der Waals surface area contributed by atoms with Gasteiger partial charge >= 0.3 is 0 Å². The molecule has 1 aromatic heterocycles. The molecule has 2 aromatic rings. The maximum absolute atomic E-state index is 11.0. The first-order valence-corrected chi connectivity index (χ1v) is 9.90. The van der Waals surface area contributed by atoms with Crippen LogP contribution in [-0.4, -0.2) is 57.8 Å². The Morgan fingerprint density at radius 2 is 1.88 bits per heavy atom. The highest BCUT2D eigenvalue weighted by Crippen LogP contribution is 2.26. The Hall–Kier alpha value is -1.36. The highest BCUT2D eigenvalue weighted by Gasteiger charge is 2.37. The molecule has 4 rings (SSSR count). The number of fused-ring (bicyclic) bond motifs is 1. The fourth-order valence-electron chi connectivity index (χ4n) is 4.60. The predicted molar refractivity (Wildman–Crippen MR) is 103 cm³/mol. The van der Waals surface area contributed by atoms with Crippen molar-refractivity contribution in [1.29, 1.82) is 0 Å². The third-order valence-corrected chi connectivity index (χ3v) is 5.96. The molecule has 2 aliphatic heterocycles.